The van der Waals surface area contributed by atoms with Crippen LogP contribution in [0, 0.1) is 30.3 Å². The summed E-state index contributed by atoms with van der Waals surface area (Å²) in [4.78, 5) is 49.2. The van der Waals surface area contributed by atoms with E-state index in [1.165, 1.54) is 0 Å². The number of imide groups is 1. The fourth-order valence-electron chi connectivity index (χ4n) is 4.61. The third-order valence-corrected chi connectivity index (χ3v) is 6.19. The van der Waals surface area contributed by atoms with E-state index in [0.717, 1.165) is 18.7 Å². The zero-order valence-electron chi connectivity index (χ0n) is 15.2. The molecule has 0 aromatic carbocycles. The summed E-state index contributed by atoms with van der Waals surface area (Å²) < 4.78 is 67.4. The Balaban J connectivity index is 0.00000300. The summed E-state index contributed by atoms with van der Waals surface area (Å²) in [7, 11) is -6.11. The Labute approximate surface area is 157 Å². The second-order valence-electron chi connectivity index (χ2n) is 6.98. The molecule has 3 aliphatic rings. The van der Waals surface area contributed by atoms with Crippen molar-refractivity contribution in [1.82, 2.24) is 4.90 Å². The van der Waals surface area contributed by atoms with Gasteiger partial charge in [0.1, 0.15) is 16.2 Å². The molecule has 2 bridgehead atoms. The van der Waals surface area contributed by atoms with Gasteiger partial charge in [0.2, 0.25) is 11.8 Å². The van der Waals surface area contributed by atoms with E-state index < -0.39 is 81.5 Å². The summed E-state index contributed by atoms with van der Waals surface area (Å²) in [6.45, 7) is 1.53. The molecule has 2 amide bonds. The number of hydrogen-bond donors (Lipinski definition) is 0. The number of carbonyl (C=O) groups excluding carboxylic acids is 4. The van der Waals surface area contributed by atoms with E-state index in [9.17, 15) is 40.9 Å². The summed E-state index contributed by atoms with van der Waals surface area (Å²) in [6.07, 6.45) is -0.811. The van der Waals surface area contributed by atoms with Crippen LogP contribution in [0.4, 0.5) is 8.78 Å². The third-order valence-electron chi connectivity index (χ3n) is 5.43. The predicted molar refractivity (Wildman–Crippen MR) is 80.5 cm³/mol. The molecule has 0 spiro atoms. The molecule has 1 saturated heterocycles. The maximum Gasteiger partial charge on any atom is 0.302 e. The standard InChI is InChI=1S/C15H16F2NO9S.Rf/c1-5(19)18-11-7-3-8(12(11)27-6(2)20)10(9(7)13(18)21)14(22)26-4-15(16,17)28(23,24)25;/h4,7-12H,3H2,1-2H3,(H,23,24,25);/q-1;/p-1. The van der Waals surface area contributed by atoms with Gasteiger partial charge < -0.3 is 14.0 Å². The topological polar surface area (TPSA) is 147 Å². The van der Waals surface area contributed by atoms with Crippen molar-refractivity contribution in [1.29, 1.82) is 0 Å². The molecular formula is C15H15F2NO9RfS-2. The van der Waals surface area contributed by atoms with Crippen LogP contribution >= 0.6 is 0 Å². The second kappa shape index (κ2) is 6.72. The third kappa shape index (κ3) is 3.18. The summed E-state index contributed by atoms with van der Waals surface area (Å²) in [5, 5.41) is -4.96. The first-order valence-electron chi connectivity index (χ1n) is 8.17. The molecule has 14 heteroatoms. The molecule has 2 aliphatic carbocycles. The molecule has 1 heterocycles. The maximum absolute atomic E-state index is 13.2. The van der Waals surface area contributed by atoms with E-state index in [-0.39, 0.29) is 6.42 Å². The van der Waals surface area contributed by atoms with E-state index in [1.54, 1.807) is 0 Å². The molecular weight excluding hydrogens is 675 g/mol. The summed E-state index contributed by atoms with van der Waals surface area (Å²) in [5.74, 6) is -7.12. The van der Waals surface area contributed by atoms with Crippen LogP contribution in [-0.4, -0.2) is 59.0 Å². The molecule has 3 rings (SSSR count). The Morgan fingerprint density at radius 3 is 2.31 bits per heavy atom. The fourth-order valence-corrected chi connectivity index (χ4v) is 4.78. The molecule has 2 saturated carbocycles. The van der Waals surface area contributed by atoms with Crippen LogP contribution in [0.2, 0.25) is 0 Å². The van der Waals surface area contributed by atoms with Gasteiger partial charge in [0.15, 0.2) is 0 Å². The van der Waals surface area contributed by atoms with Crippen molar-refractivity contribution in [2.24, 2.45) is 23.7 Å². The number of alkyl halides is 2. The minimum absolute atomic E-state index is 0. The van der Waals surface area contributed by atoms with Crippen molar-refractivity contribution in [2.75, 3.05) is 0 Å². The fraction of sp³-hybridized carbons (Fsp3) is 0.667. The Kier molecular flexibility index (Phi) is 5.13. The molecule has 0 aromatic heterocycles. The van der Waals surface area contributed by atoms with E-state index in [4.69, 9.17) is 4.74 Å². The zero-order chi connectivity index (χ0) is 21.2. The number of esters is 2. The Bertz CT molecular complexity index is 864. The number of amides is 2. The average molecular weight is 690 g/mol. The van der Waals surface area contributed by atoms with E-state index >= 15 is 0 Å². The normalized spacial score (nSPS) is 32.7. The molecule has 3 fully saturated rings. The van der Waals surface area contributed by atoms with Gasteiger partial charge >= 0.3 is 5.97 Å². The number of ether oxygens (including phenoxy) is 2. The van der Waals surface area contributed by atoms with Crippen molar-refractivity contribution in [3.05, 3.63) is 6.61 Å². The van der Waals surface area contributed by atoms with Crippen molar-refractivity contribution < 1.29 is 50.4 Å². The minimum atomic E-state index is -6.11. The molecule has 0 radical (unpaired) electrons. The SMILES string of the molecule is CC(=O)OC1C2CC3C(C(=O)N(C(C)=O)C31)C2C(=O)O[CH-]C(F)(F)S(=O)(=O)[O-].[Rf]. The maximum atomic E-state index is 13.2. The predicted octanol–water partition coefficient (Wildman–Crippen LogP) is -0.600. The first-order chi connectivity index (χ1) is 12.8. The van der Waals surface area contributed by atoms with Crippen molar-refractivity contribution in [2.45, 2.75) is 37.7 Å². The molecule has 0 N–H and O–H groups in total. The molecule has 6 unspecified atom stereocenters. The van der Waals surface area contributed by atoms with Gasteiger partial charge in [0, 0.05) is 19.8 Å². The van der Waals surface area contributed by atoms with Gasteiger partial charge in [0.05, 0.1) is 17.9 Å². The van der Waals surface area contributed by atoms with Gasteiger partial charge in [-0.05, 0) is 12.3 Å². The molecule has 158 valence electrons. The van der Waals surface area contributed by atoms with Crippen LogP contribution < -0.4 is 0 Å². The van der Waals surface area contributed by atoms with Gasteiger partial charge in [-0.25, -0.2) is 17.2 Å². The van der Waals surface area contributed by atoms with Crippen LogP contribution in [0.15, 0.2) is 0 Å². The smallest absolute Gasteiger partial charge is 0.302 e. The van der Waals surface area contributed by atoms with E-state index in [1.807, 2.05) is 0 Å². The Hall–Kier alpha value is -3.15. The van der Waals surface area contributed by atoms with Crippen molar-refractivity contribution in [3.8, 4) is 0 Å². The number of hydrogen-bond acceptors (Lipinski definition) is 9. The summed E-state index contributed by atoms with van der Waals surface area (Å²) in [6, 6.07) is -0.764. The summed E-state index contributed by atoms with van der Waals surface area (Å²) in [5.41, 5.74) is 0. The van der Waals surface area contributed by atoms with Gasteiger partial charge in [-0.3, -0.25) is 24.1 Å². The van der Waals surface area contributed by atoms with E-state index in [2.05, 4.69) is 4.74 Å². The monoisotopic (exact) mass is 690 g/mol. The molecule has 10 nitrogen and oxygen atoms in total. The molecule has 1 aliphatic heterocycles. The van der Waals surface area contributed by atoms with Gasteiger partial charge in [-0.15, -0.1) is 0 Å². The van der Waals surface area contributed by atoms with Crippen LogP contribution in [0.5, 0.6) is 0 Å². The number of likely N-dealkylation sites (tertiary alicyclic amines) is 1. The van der Waals surface area contributed by atoms with E-state index in [0.29, 0.717) is 0 Å². The Morgan fingerprint density at radius 2 is 1.83 bits per heavy atom. The number of fused-ring (bicyclic) bond motifs is 1. The second-order valence-corrected chi connectivity index (χ2v) is 8.43. The first kappa shape index (κ1) is 22.1. The molecule has 0 aromatic rings. The van der Waals surface area contributed by atoms with Gasteiger partial charge in [0.25, 0.3) is 11.2 Å². The minimum Gasteiger partial charge on any atom is -0.746 e. The first-order valence-corrected chi connectivity index (χ1v) is 9.57. The number of rotatable bonds is 5. The van der Waals surface area contributed by atoms with Crippen LogP contribution in [0.25, 0.3) is 0 Å². The summed E-state index contributed by atoms with van der Waals surface area (Å²) >= 11 is 0. The van der Waals surface area contributed by atoms with Crippen molar-refractivity contribution in [3.63, 3.8) is 0 Å². The van der Waals surface area contributed by atoms with Crippen molar-refractivity contribution >= 4 is 33.9 Å². The number of carbonyl (C=O) groups is 4. The number of halogens is 2. The largest absolute Gasteiger partial charge is 0.746 e. The zero-order valence-corrected chi connectivity index (χ0v) is 22.5. The van der Waals surface area contributed by atoms with Crippen LogP contribution in [0.3, 0.4) is 0 Å². The van der Waals surface area contributed by atoms with Crippen LogP contribution in [-0.2, 0) is 38.8 Å². The molecule has 29 heavy (non-hydrogen) atoms. The van der Waals surface area contributed by atoms with Gasteiger partial charge in [-0.1, -0.05) is 6.61 Å². The number of nitrogens with zero attached hydrogens (tertiary/aromatic N) is 1. The quantitative estimate of drug-likeness (QED) is 0.210. The Morgan fingerprint density at radius 1 is 1.24 bits per heavy atom. The molecule has 6 atom stereocenters. The van der Waals surface area contributed by atoms with Crippen LogP contribution in [0.1, 0.15) is 20.3 Å². The van der Waals surface area contributed by atoms with Gasteiger partial charge in [-0.2, -0.15) is 0 Å². The average Bonchev–Trinajstić information content (AvgIpc) is 3.13.